The van der Waals surface area contributed by atoms with Crippen LogP contribution in [0.4, 0.5) is 0 Å². The van der Waals surface area contributed by atoms with Gasteiger partial charge in [0.2, 0.25) is 0 Å². The molecule has 0 radical (unpaired) electrons. The Morgan fingerprint density at radius 2 is 2.36 bits per heavy atom. The number of ether oxygens (including phenoxy) is 1. The lowest BCUT2D eigenvalue weighted by atomic mass is 10.3. The van der Waals surface area contributed by atoms with Crippen LogP contribution >= 0.6 is 11.3 Å². The summed E-state index contributed by atoms with van der Waals surface area (Å²) < 4.78 is 5.08. The van der Waals surface area contributed by atoms with Gasteiger partial charge < -0.3 is 15.2 Å². The van der Waals surface area contributed by atoms with Crippen molar-refractivity contribution < 1.29 is 9.84 Å². The first kappa shape index (κ1) is 11.7. The van der Waals surface area contributed by atoms with E-state index in [1.54, 1.807) is 18.4 Å². The largest absolute Gasteiger partial charge is 0.386 e. The van der Waals surface area contributed by atoms with Crippen LogP contribution in [0.5, 0.6) is 0 Å². The number of nitrogens with one attached hydrogen (secondary N) is 1. The zero-order chi connectivity index (χ0) is 10.4. The Balaban J connectivity index is 2.19. The minimum atomic E-state index is -0.404. The van der Waals surface area contributed by atoms with Gasteiger partial charge in [-0.15, -0.1) is 11.3 Å². The summed E-state index contributed by atoms with van der Waals surface area (Å²) in [7, 11) is 1.68. The average Bonchev–Trinajstić information content (AvgIpc) is 2.70. The van der Waals surface area contributed by atoms with E-state index in [9.17, 15) is 5.11 Å². The Hall–Kier alpha value is -0.420. The normalized spacial score (nSPS) is 15.4. The average molecular weight is 215 g/mol. The van der Waals surface area contributed by atoms with E-state index in [1.807, 2.05) is 24.4 Å². The lowest BCUT2D eigenvalue weighted by Crippen LogP contribution is -2.29. The van der Waals surface area contributed by atoms with Gasteiger partial charge in [-0.1, -0.05) is 6.07 Å². The first-order valence-electron chi connectivity index (χ1n) is 4.69. The molecule has 0 bridgehead atoms. The van der Waals surface area contributed by atoms with E-state index in [-0.39, 0.29) is 6.10 Å². The summed E-state index contributed by atoms with van der Waals surface area (Å²) in [6.45, 7) is 3.33. The monoisotopic (exact) mass is 215 g/mol. The Morgan fingerprint density at radius 1 is 1.57 bits per heavy atom. The third kappa shape index (κ3) is 3.75. The molecule has 1 rings (SSSR count). The first-order valence-corrected chi connectivity index (χ1v) is 5.57. The number of rotatable bonds is 6. The molecule has 0 aliphatic heterocycles. The van der Waals surface area contributed by atoms with Crippen molar-refractivity contribution in [2.24, 2.45) is 0 Å². The summed E-state index contributed by atoms with van der Waals surface area (Å²) in [5.74, 6) is 0. The molecule has 0 saturated carbocycles. The van der Waals surface area contributed by atoms with Gasteiger partial charge >= 0.3 is 0 Å². The molecule has 0 saturated heterocycles. The topological polar surface area (TPSA) is 41.5 Å². The van der Waals surface area contributed by atoms with E-state index in [0.29, 0.717) is 6.54 Å². The molecule has 0 aliphatic carbocycles. The van der Waals surface area contributed by atoms with Crippen molar-refractivity contribution in [1.29, 1.82) is 0 Å². The minimum Gasteiger partial charge on any atom is -0.386 e. The van der Waals surface area contributed by atoms with Crippen LogP contribution in [0.2, 0.25) is 0 Å². The highest BCUT2D eigenvalue weighted by Gasteiger charge is 2.08. The van der Waals surface area contributed by atoms with Crippen LogP contribution in [0.3, 0.4) is 0 Å². The first-order chi connectivity index (χ1) is 6.74. The van der Waals surface area contributed by atoms with Crippen molar-refractivity contribution in [3.05, 3.63) is 22.4 Å². The molecule has 80 valence electrons. The van der Waals surface area contributed by atoms with E-state index in [2.05, 4.69) is 5.32 Å². The molecule has 2 unspecified atom stereocenters. The van der Waals surface area contributed by atoms with Crippen LogP contribution < -0.4 is 5.32 Å². The van der Waals surface area contributed by atoms with E-state index < -0.39 is 6.10 Å². The molecule has 0 fully saturated rings. The molecule has 2 N–H and O–H groups in total. The van der Waals surface area contributed by atoms with E-state index in [1.165, 1.54) is 0 Å². The number of aliphatic hydroxyl groups is 1. The molecule has 0 aromatic carbocycles. The van der Waals surface area contributed by atoms with Gasteiger partial charge in [-0.2, -0.15) is 0 Å². The molecule has 1 aromatic heterocycles. The zero-order valence-electron chi connectivity index (χ0n) is 8.56. The Labute approximate surface area is 88.7 Å². The van der Waals surface area contributed by atoms with Gasteiger partial charge in [-0.3, -0.25) is 0 Å². The Kier molecular flexibility index (Phi) is 5.11. The van der Waals surface area contributed by atoms with Gasteiger partial charge in [-0.05, 0) is 18.4 Å². The van der Waals surface area contributed by atoms with E-state index >= 15 is 0 Å². The van der Waals surface area contributed by atoms with Gasteiger partial charge in [0.1, 0.15) is 6.10 Å². The Bertz CT molecular complexity index is 238. The number of thiophene rings is 1. The number of hydrogen-bond acceptors (Lipinski definition) is 4. The van der Waals surface area contributed by atoms with Crippen molar-refractivity contribution in [2.75, 3.05) is 20.2 Å². The molecule has 1 heterocycles. The molecule has 3 nitrogen and oxygen atoms in total. The zero-order valence-corrected chi connectivity index (χ0v) is 9.38. The molecule has 0 amide bonds. The standard InChI is InChI=1S/C10H17NO2S/c1-8(13-2)6-11-7-9(12)10-4-3-5-14-10/h3-5,8-9,11-12H,6-7H2,1-2H3. The fourth-order valence-electron chi connectivity index (χ4n) is 1.09. The summed E-state index contributed by atoms with van der Waals surface area (Å²) in [6.07, 6.45) is -0.218. The molecule has 1 aromatic rings. The van der Waals surface area contributed by atoms with Crippen molar-refractivity contribution in [2.45, 2.75) is 19.1 Å². The SMILES string of the molecule is COC(C)CNCC(O)c1cccs1. The third-order valence-electron chi connectivity index (χ3n) is 2.04. The summed E-state index contributed by atoms with van der Waals surface area (Å²) in [4.78, 5) is 1.00. The number of hydrogen-bond donors (Lipinski definition) is 2. The molecular weight excluding hydrogens is 198 g/mol. The van der Waals surface area contributed by atoms with E-state index in [0.717, 1.165) is 11.4 Å². The maximum atomic E-state index is 9.70. The molecular formula is C10H17NO2S. The lowest BCUT2D eigenvalue weighted by Gasteiger charge is -2.13. The quantitative estimate of drug-likeness (QED) is 0.754. The number of methoxy groups -OCH3 is 1. The molecule has 0 aliphatic rings. The second-order valence-electron chi connectivity index (χ2n) is 3.24. The van der Waals surface area contributed by atoms with Crippen LogP contribution in [-0.4, -0.2) is 31.4 Å². The maximum absolute atomic E-state index is 9.70. The lowest BCUT2D eigenvalue weighted by molar-refractivity contribution is 0.110. The highest BCUT2D eigenvalue weighted by atomic mass is 32.1. The van der Waals surface area contributed by atoms with E-state index in [4.69, 9.17) is 4.74 Å². The van der Waals surface area contributed by atoms with Crippen molar-refractivity contribution in [3.63, 3.8) is 0 Å². The van der Waals surface area contributed by atoms with Gasteiger partial charge in [0, 0.05) is 25.1 Å². The molecule has 4 heteroatoms. The van der Waals surface area contributed by atoms with Gasteiger partial charge in [0.15, 0.2) is 0 Å². The minimum absolute atomic E-state index is 0.186. The predicted molar refractivity (Wildman–Crippen MR) is 58.6 cm³/mol. The van der Waals surface area contributed by atoms with Crippen LogP contribution in [-0.2, 0) is 4.74 Å². The van der Waals surface area contributed by atoms with Crippen LogP contribution in [0.1, 0.15) is 17.9 Å². The fraction of sp³-hybridized carbons (Fsp3) is 0.600. The second-order valence-corrected chi connectivity index (χ2v) is 4.22. The highest BCUT2D eigenvalue weighted by molar-refractivity contribution is 7.10. The fourth-order valence-corrected chi connectivity index (χ4v) is 1.80. The van der Waals surface area contributed by atoms with Gasteiger partial charge in [-0.25, -0.2) is 0 Å². The smallest absolute Gasteiger partial charge is 0.101 e. The Morgan fingerprint density at radius 3 is 2.93 bits per heavy atom. The maximum Gasteiger partial charge on any atom is 0.101 e. The summed E-state index contributed by atoms with van der Waals surface area (Å²) in [6, 6.07) is 3.89. The molecule has 14 heavy (non-hydrogen) atoms. The van der Waals surface area contributed by atoms with Crippen molar-refractivity contribution >= 4 is 11.3 Å². The summed E-state index contributed by atoms with van der Waals surface area (Å²) in [5, 5.41) is 14.8. The van der Waals surface area contributed by atoms with Crippen molar-refractivity contribution in [1.82, 2.24) is 5.32 Å². The third-order valence-corrected chi connectivity index (χ3v) is 3.02. The predicted octanol–water partition coefficient (Wildman–Crippen LogP) is 1.41. The van der Waals surface area contributed by atoms with Crippen molar-refractivity contribution in [3.8, 4) is 0 Å². The summed E-state index contributed by atoms with van der Waals surface area (Å²) in [5.41, 5.74) is 0. The number of aliphatic hydroxyl groups excluding tert-OH is 1. The summed E-state index contributed by atoms with van der Waals surface area (Å²) >= 11 is 1.57. The van der Waals surface area contributed by atoms with Gasteiger partial charge in [0.05, 0.1) is 6.10 Å². The highest BCUT2D eigenvalue weighted by Crippen LogP contribution is 2.17. The van der Waals surface area contributed by atoms with Gasteiger partial charge in [0.25, 0.3) is 0 Å². The van der Waals surface area contributed by atoms with Crippen LogP contribution in [0.25, 0.3) is 0 Å². The molecule has 2 atom stereocenters. The van der Waals surface area contributed by atoms with Crippen LogP contribution in [0.15, 0.2) is 17.5 Å². The van der Waals surface area contributed by atoms with Crippen LogP contribution in [0, 0.1) is 0 Å². The molecule has 0 spiro atoms. The second kappa shape index (κ2) is 6.14.